The fourth-order valence-electron chi connectivity index (χ4n) is 2.52. The van der Waals surface area contributed by atoms with Crippen molar-refractivity contribution in [1.82, 2.24) is 0 Å². The number of benzene rings is 2. The van der Waals surface area contributed by atoms with E-state index in [9.17, 15) is 18.0 Å². The first-order valence-electron chi connectivity index (χ1n) is 6.78. The van der Waals surface area contributed by atoms with Crippen LogP contribution in [0.2, 0.25) is 0 Å². The minimum Gasteiger partial charge on any atom is -0.465 e. The van der Waals surface area contributed by atoms with Gasteiger partial charge in [-0.3, -0.25) is 0 Å². The van der Waals surface area contributed by atoms with Crippen molar-refractivity contribution in [2.45, 2.75) is 18.3 Å². The molecular weight excluding hydrogens is 293 g/mol. The number of carbonyl (C=O) groups excluding carboxylic acids is 1. The third-order valence-electron chi connectivity index (χ3n) is 3.84. The van der Waals surface area contributed by atoms with Crippen LogP contribution in [0.1, 0.15) is 28.3 Å². The predicted octanol–water partition coefficient (Wildman–Crippen LogP) is 4.40. The average Bonchev–Trinajstić information content (AvgIpc) is 3.15. The fourth-order valence-corrected chi connectivity index (χ4v) is 2.52. The first-order chi connectivity index (χ1) is 10.4. The highest BCUT2D eigenvalue weighted by Gasteiger charge is 2.57. The lowest BCUT2D eigenvalue weighted by Crippen LogP contribution is -2.04. The number of alkyl halides is 2. The molecule has 0 aromatic heterocycles. The molecule has 0 radical (unpaired) electrons. The number of methoxy groups -OCH3 is 1. The number of ether oxygens (including phenoxy) is 1. The zero-order valence-electron chi connectivity index (χ0n) is 11.8. The normalized spacial score (nSPS) is 18.8. The highest BCUT2D eigenvalue weighted by molar-refractivity contribution is 5.97. The molecule has 1 saturated carbocycles. The summed E-state index contributed by atoms with van der Waals surface area (Å²) in [5.74, 6) is -4.53. The summed E-state index contributed by atoms with van der Waals surface area (Å²) in [6, 6.07) is 10.4. The van der Waals surface area contributed by atoms with E-state index in [4.69, 9.17) is 0 Å². The molecule has 1 fully saturated rings. The average molecular weight is 306 g/mol. The van der Waals surface area contributed by atoms with Gasteiger partial charge in [0.1, 0.15) is 5.82 Å². The van der Waals surface area contributed by atoms with Crippen molar-refractivity contribution in [3.8, 4) is 11.1 Å². The molecule has 2 nitrogen and oxygen atoms in total. The zero-order valence-corrected chi connectivity index (χ0v) is 11.8. The predicted molar refractivity (Wildman–Crippen MR) is 75.5 cm³/mol. The molecule has 0 aliphatic heterocycles. The summed E-state index contributed by atoms with van der Waals surface area (Å²) in [6.07, 6.45) is -0.129. The van der Waals surface area contributed by atoms with Crippen LogP contribution in [0.5, 0.6) is 0 Å². The van der Waals surface area contributed by atoms with Crippen LogP contribution in [0.25, 0.3) is 11.1 Å². The van der Waals surface area contributed by atoms with E-state index in [0.717, 1.165) is 6.07 Å². The molecule has 1 unspecified atom stereocenters. The maximum Gasteiger partial charge on any atom is 0.338 e. The van der Waals surface area contributed by atoms with E-state index in [1.54, 1.807) is 24.3 Å². The monoisotopic (exact) mass is 306 g/mol. The molecule has 0 bridgehead atoms. The van der Waals surface area contributed by atoms with E-state index in [2.05, 4.69) is 4.74 Å². The van der Waals surface area contributed by atoms with Crippen LogP contribution in [0.15, 0.2) is 42.5 Å². The number of halogens is 3. The minimum atomic E-state index is -2.62. The van der Waals surface area contributed by atoms with Gasteiger partial charge in [-0.25, -0.2) is 18.0 Å². The Morgan fingerprint density at radius 3 is 2.36 bits per heavy atom. The van der Waals surface area contributed by atoms with Crippen molar-refractivity contribution in [3.05, 3.63) is 59.4 Å². The van der Waals surface area contributed by atoms with Gasteiger partial charge < -0.3 is 4.74 Å². The van der Waals surface area contributed by atoms with Gasteiger partial charge in [0.15, 0.2) is 0 Å². The summed E-state index contributed by atoms with van der Waals surface area (Å²) >= 11 is 0. The maximum absolute atomic E-state index is 13.3. The summed E-state index contributed by atoms with van der Waals surface area (Å²) in [7, 11) is 1.22. The molecule has 0 N–H and O–H groups in total. The molecule has 2 aromatic rings. The topological polar surface area (TPSA) is 26.3 Å². The zero-order chi connectivity index (χ0) is 15.9. The Balaban J connectivity index is 1.96. The lowest BCUT2D eigenvalue weighted by Gasteiger charge is -2.09. The Bertz CT molecular complexity index is 723. The largest absolute Gasteiger partial charge is 0.465 e. The maximum atomic E-state index is 13.3. The Morgan fingerprint density at radius 1 is 1.18 bits per heavy atom. The van der Waals surface area contributed by atoms with Gasteiger partial charge in [0.2, 0.25) is 0 Å². The van der Waals surface area contributed by atoms with E-state index < -0.39 is 23.6 Å². The van der Waals surface area contributed by atoms with Crippen molar-refractivity contribution >= 4 is 5.97 Å². The molecule has 0 heterocycles. The lowest BCUT2D eigenvalue weighted by atomic mass is 9.97. The SMILES string of the molecule is COC(=O)c1cc(F)ccc1-c1ccc(C2CC2(F)F)cc1. The van der Waals surface area contributed by atoms with E-state index in [-0.39, 0.29) is 12.0 Å². The number of hydrogen-bond donors (Lipinski definition) is 0. The summed E-state index contributed by atoms with van der Waals surface area (Å²) in [5, 5.41) is 0. The van der Waals surface area contributed by atoms with Crippen molar-refractivity contribution in [3.63, 3.8) is 0 Å². The van der Waals surface area contributed by atoms with Crippen molar-refractivity contribution in [2.24, 2.45) is 0 Å². The van der Waals surface area contributed by atoms with Gasteiger partial charge in [-0.15, -0.1) is 0 Å². The van der Waals surface area contributed by atoms with Gasteiger partial charge in [-0.05, 0) is 28.8 Å². The molecular formula is C17H13F3O2. The molecule has 0 saturated heterocycles. The molecule has 1 atom stereocenters. The Kier molecular flexibility index (Phi) is 3.43. The first kappa shape index (κ1) is 14.6. The van der Waals surface area contributed by atoms with Gasteiger partial charge in [0, 0.05) is 6.42 Å². The van der Waals surface area contributed by atoms with Gasteiger partial charge >= 0.3 is 5.97 Å². The lowest BCUT2D eigenvalue weighted by molar-refractivity contribution is 0.0601. The van der Waals surface area contributed by atoms with Crippen LogP contribution in [0.4, 0.5) is 13.2 Å². The molecule has 2 aromatic carbocycles. The van der Waals surface area contributed by atoms with E-state index in [0.29, 0.717) is 16.7 Å². The summed E-state index contributed by atoms with van der Waals surface area (Å²) in [6.45, 7) is 0. The summed E-state index contributed by atoms with van der Waals surface area (Å²) < 4.78 is 44.1. The van der Waals surface area contributed by atoms with Crippen molar-refractivity contribution in [1.29, 1.82) is 0 Å². The molecule has 1 aliphatic carbocycles. The highest BCUT2D eigenvalue weighted by atomic mass is 19.3. The van der Waals surface area contributed by atoms with Gasteiger partial charge in [-0.2, -0.15) is 0 Å². The number of esters is 1. The van der Waals surface area contributed by atoms with Crippen molar-refractivity contribution < 1.29 is 22.7 Å². The molecule has 3 rings (SSSR count). The van der Waals surface area contributed by atoms with Crippen LogP contribution in [-0.4, -0.2) is 19.0 Å². The highest BCUT2D eigenvalue weighted by Crippen LogP contribution is 2.55. The second-order valence-electron chi connectivity index (χ2n) is 5.32. The van der Waals surface area contributed by atoms with Gasteiger partial charge in [0.05, 0.1) is 18.6 Å². The molecule has 0 spiro atoms. The van der Waals surface area contributed by atoms with Crippen molar-refractivity contribution in [2.75, 3.05) is 7.11 Å². The number of hydrogen-bond acceptors (Lipinski definition) is 2. The number of rotatable bonds is 3. The molecule has 22 heavy (non-hydrogen) atoms. The second kappa shape index (κ2) is 5.16. The van der Waals surface area contributed by atoms with E-state index >= 15 is 0 Å². The fraction of sp³-hybridized carbons (Fsp3) is 0.235. The van der Waals surface area contributed by atoms with E-state index in [1.807, 2.05) is 0 Å². The Hall–Kier alpha value is -2.30. The quantitative estimate of drug-likeness (QED) is 0.786. The van der Waals surface area contributed by atoms with Gasteiger partial charge in [0.25, 0.3) is 5.92 Å². The summed E-state index contributed by atoms with van der Waals surface area (Å²) in [4.78, 5) is 11.7. The summed E-state index contributed by atoms with van der Waals surface area (Å²) in [5.41, 5.74) is 1.82. The number of carbonyl (C=O) groups is 1. The van der Waals surface area contributed by atoms with Crippen LogP contribution in [0, 0.1) is 5.82 Å². The second-order valence-corrected chi connectivity index (χ2v) is 5.32. The molecule has 0 amide bonds. The first-order valence-corrected chi connectivity index (χ1v) is 6.78. The molecule has 114 valence electrons. The molecule has 5 heteroatoms. The van der Waals surface area contributed by atoms with Gasteiger partial charge in [-0.1, -0.05) is 30.3 Å². The molecule has 1 aliphatic rings. The Morgan fingerprint density at radius 2 is 1.82 bits per heavy atom. The third kappa shape index (κ3) is 2.58. The van der Waals surface area contributed by atoms with E-state index in [1.165, 1.54) is 19.2 Å². The van der Waals surface area contributed by atoms with Crippen LogP contribution in [-0.2, 0) is 4.74 Å². The standard InChI is InChI=1S/C17H13F3O2/c1-22-16(21)14-8-12(18)6-7-13(14)10-2-4-11(5-3-10)15-9-17(15,19)20/h2-8,15H,9H2,1H3. The Labute approximate surface area is 125 Å². The van der Waals surface area contributed by atoms with Crippen LogP contribution < -0.4 is 0 Å². The minimum absolute atomic E-state index is 0.104. The third-order valence-corrected chi connectivity index (χ3v) is 3.84. The van der Waals surface area contributed by atoms with Crippen LogP contribution >= 0.6 is 0 Å². The van der Waals surface area contributed by atoms with Crippen LogP contribution in [0.3, 0.4) is 0 Å². The smallest absolute Gasteiger partial charge is 0.338 e.